The molecule has 0 aliphatic carbocycles. The summed E-state index contributed by atoms with van der Waals surface area (Å²) in [7, 11) is 3.84. The zero-order chi connectivity index (χ0) is 15.7. The fourth-order valence-corrected chi connectivity index (χ4v) is 3.63. The maximum atomic E-state index is 12.7. The second kappa shape index (κ2) is 6.01. The van der Waals surface area contributed by atoms with E-state index in [4.69, 9.17) is 4.74 Å². The first-order chi connectivity index (χ1) is 10.5. The number of hydrogen-bond donors (Lipinski definition) is 0. The molecule has 0 N–H and O–H groups in total. The van der Waals surface area contributed by atoms with Crippen LogP contribution in [0.2, 0.25) is 0 Å². The number of likely N-dealkylation sites (tertiary alicyclic amines) is 1. The fraction of sp³-hybridized carbons (Fsp3) is 0.750. The van der Waals surface area contributed by atoms with Crippen LogP contribution in [0.4, 0.5) is 0 Å². The van der Waals surface area contributed by atoms with Gasteiger partial charge in [0.1, 0.15) is 0 Å². The van der Waals surface area contributed by atoms with Gasteiger partial charge in [0, 0.05) is 52.0 Å². The highest BCUT2D eigenvalue weighted by Crippen LogP contribution is 2.30. The molecule has 0 aromatic carbocycles. The van der Waals surface area contributed by atoms with E-state index in [9.17, 15) is 4.79 Å². The molecule has 122 valence electrons. The predicted molar refractivity (Wildman–Crippen MR) is 83.4 cm³/mol. The van der Waals surface area contributed by atoms with Gasteiger partial charge in [0.05, 0.1) is 12.3 Å². The molecular formula is C16H26N4O2. The number of ether oxygens (including phenoxy) is 1. The highest BCUT2D eigenvalue weighted by atomic mass is 16.5. The Morgan fingerprint density at radius 2 is 2.14 bits per heavy atom. The van der Waals surface area contributed by atoms with Crippen LogP contribution < -0.4 is 0 Å². The van der Waals surface area contributed by atoms with Crippen molar-refractivity contribution in [2.24, 2.45) is 7.05 Å². The monoisotopic (exact) mass is 306 g/mol. The topological polar surface area (TPSA) is 50.6 Å². The molecule has 1 amide bonds. The molecule has 3 heterocycles. The van der Waals surface area contributed by atoms with Gasteiger partial charge in [0.25, 0.3) is 5.91 Å². The summed E-state index contributed by atoms with van der Waals surface area (Å²) >= 11 is 0. The molecule has 0 radical (unpaired) electrons. The van der Waals surface area contributed by atoms with Gasteiger partial charge in [-0.25, -0.2) is 0 Å². The van der Waals surface area contributed by atoms with Crippen LogP contribution in [0.15, 0.2) is 6.20 Å². The number of amides is 1. The number of rotatable bonds is 2. The molecule has 22 heavy (non-hydrogen) atoms. The van der Waals surface area contributed by atoms with Crippen LogP contribution >= 0.6 is 0 Å². The Kier molecular flexibility index (Phi) is 4.23. The summed E-state index contributed by atoms with van der Waals surface area (Å²) in [6, 6.07) is 0. The van der Waals surface area contributed by atoms with Gasteiger partial charge in [-0.05, 0) is 26.2 Å². The first-order valence-electron chi connectivity index (χ1n) is 8.11. The third-order valence-corrected chi connectivity index (χ3v) is 4.83. The zero-order valence-electron chi connectivity index (χ0n) is 13.8. The van der Waals surface area contributed by atoms with Gasteiger partial charge in [-0.15, -0.1) is 0 Å². The van der Waals surface area contributed by atoms with Crippen molar-refractivity contribution in [3.05, 3.63) is 17.5 Å². The van der Waals surface area contributed by atoms with Crippen molar-refractivity contribution in [1.82, 2.24) is 19.6 Å². The van der Waals surface area contributed by atoms with E-state index in [1.807, 2.05) is 30.6 Å². The van der Waals surface area contributed by atoms with Gasteiger partial charge in [0.15, 0.2) is 5.60 Å². The van der Waals surface area contributed by atoms with Crippen LogP contribution in [0.5, 0.6) is 0 Å². The summed E-state index contributed by atoms with van der Waals surface area (Å²) in [6.07, 6.45) is 5.02. The van der Waals surface area contributed by atoms with Gasteiger partial charge in [-0.3, -0.25) is 14.4 Å². The van der Waals surface area contributed by atoms with Gasteiger partial charge in [0.2, 0.25) is 0 Å². The molecule has 0 saturated carbocycles. The third-order valence-electron chi connectivity index (χ3n) is 4.83. The summed E-state index contributed by atoms with van der Waals surface area (Å²) in [6.45, 7) is 5.89. The largest absolute Gasteiger partial charge is 0.362 e. The number of nitrogens with zero attached hydrogens (tertiary/aromatic N) is 4. The predicted octanol–water partition coefficient (Wildman–Crippen LogP) is 0.942. The molecular weight excluding hydrogens is 280 g/mol. The SMILES string of the molecule is Cc1nn(C)cc1CN1CCOC2(CCCCN(C)C2=O)C1. The molecule has 2 saturated heterocycles. The molecule has 3 rings (SSSR count). The normalized spacial score (nSPS) is 27.4. The first kappa shape index (κ1) is 15.5. The summed E-state index contributed by atoms with van der Waals surface area (Å²) in [5.74, 6) is 0.151. The van der Waals surface area contributed by atoms with Gasteiger partial charge in [-0.2, -0.15) is 5.10 Å². The third kappa shape index (κ3) is 2.90. The van der Waals surface area contributed by atoms with E-state index >= 15 is 0 Å². The smallest absolute Gasteiger partial charge is 0.255 e. The zero-order valence-corrected chi connectivity index (χ0v) is 13.8. The number of morpholine rings is 1. The van der Waals surface area contributed by atoms with Crippen molar-refractivity contribution in [2.45, 2.75) is 38.3 Å². The lowest BCUT2D eigenvalue weighted by molar-refractivity contribution is -0.169. The number of carbonyl (C=O) groups is 1. The Hall–Kier alpha value is -1.40. The molecule has 1 aromatic heterocycles. The van der Waals surface area contributed by atoms with Crippen LogP contribution in [0.25, 0.3) is 0 Å². The van der Waals surface area contributed by atoms with E-state index in [-0.39, 0.29) is 5.91 Å². The Balaban J connectivity index is 1.75. The molecule has 6 nitrogen and oxygen atoms in total. The molecule has 2 aliphatic rings. The van der Waals surface area contributed by atoms with Crippen LogP contribution in [-0.4, -0.2) is 64.4 Å². The van der Waals surface area contributed by atoms with Crippen molar-refractivity contribution >= 4 is 5.91 Å². The molecule has 6 heteroatoms. The lowest BCUT2D eigenvalue weighted by atomic mass is 9.94. The second-order valence-electron chi connectivity index (χ2n) is 6.65. The number of aryl methyl sites for hydroxylation is 2. The standard InChI is InChI=1S/C16H26N4O2/c1-13-14(10-19(3)17-13)11-20-8-9-22-16(12-20)6-4-5-7-18(2)15(16)21/h10H,4-9,11-12H2,1-3H3. The van der Waals surface area contributed by atoms with E-state index in [1.165, 1.54) is 5.56 Å². The number of carbonyl (C=O) groups excluding carboxylic acids is 1. The number of hydrogen-bond acceptors (Lipinski definition) is 4. The van der Waals surface area contributed by atoms with Crippen molar-refractivity contribution in [3.8, 4) is 0 Å². The van der Waals surface area contributed by atoms with Gasteiger partial charge < -0.3 is 9.64 Å². The van der Waals surface area contributed by atoms with E-state index in [0.29, 0.717) is 13.2 Å². The molecule has 1 spiro atoms. The summed E-state index contributed by atoms with van der Waals surface area (Å²) in [5, 5.41) is 4.41. The van der Waals surface area contributed by atoms with E-state index < -0.39 is 5.60 Å². The van der Waals surface area contributed by atoms with Gasteiger partial charge >= 0.3 is 0 Å². The summed E-state index contributed by atoms with van der Waals surface area (Å²) in [4.78, 5) is 16.9. The first-order valence-corrected chi connectivity index (χ1v) is 8.11. The minimum absolute atomic E-state index is 0.151. The fourth-order valence-electron chi connectivity index (χ4n) is 3.63. The average molecular weight is 306 g/mol. The maximum Gasteiger partial charge on any atom is 0.255 e. The van der Waals surface area contributed by atoms with E-state index in [1.54, 1.807) is 0 Å². The van der Waals surface area contributed by atoms with Crippen molar-refractivity contribution in [2.75, 3.05) is 33.3 Å². The minimum atomic E-state index is -0.639. The van der Waals surface area contributed by atoms with Crippen LogP contribution in [0.3, 0.4) is 0 Å². The van der Waals surface area contributed by atoms with Gasteiger partial charge in [-0.1, -0.05) is 0 Å². The lowest BCUT2D eigenvalue weighted by Crippen LogP contribution is -2.59. The Labute approximate surface area is 132 Å². The minimum Gasteiger partial charge on any atom is -0.362 e. The molecule has 1 atom stereocenters. The Morgan fingerprint density at radius 3 is 2.86 bits per heavy atom. The van der Waals surface area contributed by atoms with Crippen molar-refractivity contribution in [3.63, 3.8) is 0 Å². The quantitative estimate of drug-likeness (QED) is 0.816. The summed E-state index contributed by atoms with van der Waals surface area (Å²) in [5.41, 5.74) is 1.65. The van der Waals surface area contributed by atoms with Crippen molar-refractivity contribution in [1.29, 1.82) is 0 Å². The number of likely N-dealkylation sites (N-methyl/N-ethyl adjacent to an activating group) is 1. The lowest BCUT2D eigenvalue weighted by Gasteiger charge is -2.42. The molecule has 2 aliphatic heterocycles. The highest BCUT2D eigenvalue weighted by Gasteiger charge is 2.45. The second-order valence-corrected chi connectivity index (χ2v) is 6.65. The summed E-state index contributed by atoms with van der Waals surface area (Å²) < 4.78 is 7.87. The number of aromatic nitrogens is 2. The highest BCUT2D eigenvalue weighted by molar-refractivity contribution is 5.85. The maximum absolute atomic E-state index is 12.7. The molecule has 1 aromatic rings. The van der Waals surface area contributed by atoms with Crippen LogP contribution in [0, 0.1) is 6.92 Å². The van der Waals surface area contributed by atoms with E-state index in [2.05, 4.69) is 16.2 Å². The Bertz CT molecular complexity index is 556. The molecule has 2 fully saturated rings. The van der Waals surface area contributed by atoms with Crippen LogP contribution in [-0.2, 0) is 23.1 Å². The molecule has 1 unspecified atom stereocenters. The van der Waals surface area contributed by atoms with Crippen LogP contribution in [0.1, 0.15) is 30.5 Å². The molecule has 0 bridgehead atoms. The average Bonchev–Trinajstić information content (AvgIpc) is 2.74. The van der Waals surface area contributed by atoms with Crippen molar-refractivity contribution < 1.29 is 9.53 Å². The Morgan fingerprint density at radius 1 is 1.32 bits per heavy atom. The van der Waals surface area contributed by atoms with E-state index in [0.717, 1.165) is 44.6 Å².